The van der Waals surface area contributed by atoms with Crippen LogP contribution in [0.25, 0.3) is 10.9 Å². The number of carbonyl (C=O) groups is 2. The number of para-hydroxylation sites is 1. The van der Waals surface area contributed by atoms with Gasteiger partial charge in [0.15, 0.2) is 6.61 Å². The summed E-state index contributed by atoms with van der Waals surface area (Å²) < 4.78 is 5.21. The first kappa shape index (κ1) is 17.6. The van der Waals surface area contributed by atoms with Gasteiger partial charge in [-0.3, -0.25) is 9.78 Å². The lowest BCUT2D eigenvalue weighted by Gasteiger charge is -2.12. The Kier molecular flexibility index (Phi) is 4.98. The summed E-state index contributed by atoms with van der Waals surface area (Å²) in [4.78, 5) is 29.0. The van der Waals surface area contributed by atoms with E-state index in [9.17, 15) is 9.59 Å². The summed E-state index contributed by atoms with van der Waals surface area (Å²) in [5.74, 6) is -0.927. The molecule has 132 valence electrons. The fourth-order valence-corrected chi connectivity index (χ4v) is 2.87. The van der Waals surface area contributed by atoms with E-state index in [1.54, 1.807) is 19.1 Å². The van der Waals surface area contributed by atoms with E-state index in [0.717, 1.165) is 22.0 Å². The van der Waals surface area contributed by atoms with Crippen molar-refractivity contribution in [3.05, 3.63) is 70.9 Å². The minimum absolute atomic E-state index is 0.349. The zero-order valence-electron chi connectivity index (χ0n) is 15.0. The summed E-state index contributed by atoms with van der Waals surface area (Å²) in [6.45, 7) is 5.25. The number of anilines is 1. The molecule has 2 aromatic carbocycles. The standard InChI is InChI=1S/C21H20N2O3/c1-13-8-10-16(11-9-13)23-19(24)12-26-21(25)20-14(2)17-6-4-5-7-18(17)22-15(20)3/h4-11H,12H2,1-3H3,(H,23,24). The number of hydrogen-bond acceptors (Lipinski definition) is 4. The Bertz CT molecular complexity index is 978. The van der Waals surface area contributed by atoms with Crippen LogP contribution in [-0.2, 0) is 9.53 Å². The molecule has 0 aliphatic heterocycles. The predicted molar refractivity (Wildman–Crippen MR) is 101 cm³/mol. The molecule has 5 heteroatoms. The highest BCUT2D eigenvalue weighted by molar-refractivity contribution is 6.00. The Morgan fingerprint density at radius 3 is 2.42 bits per heavy atom. The van der Waals surface area contributed by atoms with Crippen LogP contribution < -0.4 is 5.32 Å². The van der Waals surface area contributed by atoms with Gasteiger partial charge in [0.1, 0.15) is 0 Å². The summed E-state index contributed by atoms with van der Waals surface area (Å²) in [6.07, 6.45) is 0. The molecule has 3 aromatic rings. The molecule has 0 fully saturated rings. The lowest BCUT2D eigenvalue weighted by Crippen LogP contribution is -2.22. The van der Waals surface area contributed by atoms with Gasteiger partial charge in [0.05, 0.1) is 16.8 Å². The molecule has 1 heterocycles. The average molecular weight is 348 g/mol. The van der Waals surface area contributed by atoms with Gasteiger partial charge in [-0.2, -0.15) is 0 Å². The lowest BCUT2D eigenvalue weighted by molar-refractivity contribution is -0.119. The third-order valence-electron chi connectivity index (χ3n) is 4.21. The number of carbonyl (C=O) groups excluding carboxylic acids is 2. The van der Waals surface area contributed by atoms with Crippen LogP contribution in [0.1, 0.15) is 27.2 Å². The smallest absolute Gasteiger partial charge is 0.340 e. The van der Waals surface area contributed by atoms with Crippen LogP contribution in [0.5, 0.6) is 0 Å². The molecule has 3 rings (SSSR count). The van der Waals surface area contributed by atoms with Crippen LogP contribution in [0.3, 0.4) is 0 Å². The van der Waals surface area contributed by atoms with E-state index in [1.165, 1.54) is 0 Å². The van der Waals surface area contributed by atoms with Crippen LogP contribution in [-0.4, -0.2) is 23.5 Å². The number of benzene rings is 2. The molecule has 0 bridgehead atoms. The maximum atomic E-state index is 12.5. The number of hydrogen-bond donors (Lipinski definition) is 1. The monoisotopic (exact) mass is 348 g/mol. The Labute approximate surface area is 152 Å². The first-order chi connectivity index (χ1) is 12.5. The van der Waals surface area contributed by atoms with E-state index in [2.05, 4.69) is 10.3 Å². The van der Waals surface area contributed by atoms with Gasteiger partial charge in [-0.25, -0.2) is 4.79 Å². The van der Waals surface area contributed by atoms with Crippen molar-refractivity contribution < 1.29 is 14.3 Å². The second-order valence-corrected chi connectivity index (χ2v) is 6.20. The molecular weight excluding hydrogens is 328 g/mol. The summed E-state index contributed by atoms with van der Waals surface area (Å²) in [5.41, 5.74) is 4.39. The molecule has 0 spiro atoms. The van der Waals surface area contributed by atoms with Gasteiger partial charge >= 0.3 is 5.97 Å². The number of amides is 1. The van der Waals surface area contributed by atoms with Crippen LogP contribution in [0.15, 0.2) is 48.5 Å². The van der Waals surface area contributed by atoms with E-state index in [4.69, 9.17) is 4.74 Å². The molecule has 26 heavy (non-hydrogen) atoms. The van der Waals surface area contributed by atoms with Crippen molar-refractivity contribution in [1.82, 2.24) is 4.98 Å². The summed E-state index contributed by atoms with van der Waals surface area (Å²) in [7, 11) is 0. The fourth-order valence-electron chi connectivity index (χ4n) is 2.87. The van der Waals surface area contributed by atoms with Gasteiger partial charge in [-0.1, -0.05) is 35.9 Å². The summed E-state index contributed by atoms with van der Waals surface area (Å²) in [6, 6.07) is 15.0. The number of pyridine rings is 1. The second-order valence-electron chi connectivity index (χ2n) is 6.20. The van der Waals surface area contributed by atoms with Crippen LogP contribution in [0.4, 0.5) is 5.69 Å². The second kappa shape index (κ2) is 7.35. The Morgan fingerprint density at radius 1 is 1.00 bits per heavy atom. The van der Waals surface area contributed by atoms with Crippen molar-refractivity contribution in [2.45, 2.75) is 20.8 Å². The highest BCUT2D eigenvalue weighted by Crippen LogP contribution is 2.23. The number of nitrogens with zero attached hydrogens (tertiary/aromatic N) is 1. The number of nitrogens with one attached hydrogen (secondary N) is 1. The maximum Gasteiger partial charge on any atom is 0.340 e. The molecule has 1 N–H and O–H groups in total. The molecule has 0 radical (unpaired) electrons. The SMILES string of the molecule is Cc1ccc(NC(=O)COC(=O)c2c(C)nc3ccccc3c2C)cc1. The number of fused-ring (bicyclic) bond motifs is 1. The number of esters is 1. The van der Waals surface area contributed by atoms with E-state index >= 15 is 0 Å². The zero-order valence-corrected chi connectivity index (χ0v) is 15.0. The van der Waals surface area contributed by atoms with Crippen LogP contribution in [0.2, 0.25) is 0 Å². The van der Waals surface area contributed by atoms with Gasteiger partial charge in [0.2, 0.25) is 0 Å². The fraction of sp³-hybridized carbons (Fsp3) is 0.190. The highest BCUT2D eigenvalue weighted by atomic mass is 16.5. The normalized spacial score (nSPS) is 10.6. The molecule has 0 aliphatic carbocycles. The van der Waals surface area contributed by atoms with Crippen molar-refractivity contribution in [3.63, 3.8) is 0 Å². The Balaban J connectivity index is 1.71. The Morgan fingerprint density at radius 2 is 1.69 bits per heavy atom. The number of aromatic nitrogens is 1. The minimum atomic E-state index is -0.544. The van der Waals surface area contributed by atoms with Crippen molar-refractivity contribution in [1.29, 1.82) is 0 Å². The maximum absolute atomic E-state index is 12.5. The third-order valence-corrected chi connectivity index (χ3v) is 4.21. The Hall–Kier alpha value is -3.21. The van der Waals surface area contributed by atoms with Crippen LogP contribution in [0, 0.1) is 20.8 Å². The van der Waals surface area contributed by atoms with Crippen molar-refractivity contribution in [2.75, 3.05) is 11.9 Å². The molecule has 0 aliphatic rings. The van der Waals surface area contributed by atoms with Gasteiger partial charge in [-0.05, 0) is 44.5 Å². The minimum Gasteiger partial charge on any atom is -0.452 e. The zero-order chi connectivity index (χ0) is 18.7. The highest BCUT2D eigenvalue weighted by Gasteiger charge is 2.18. The van der Waals surface area contributed by atoms with Gasteiger partial charge < -0.3 is 10.1 Å². The van der Waals surface area contributed by atoms with Crippen LogP contribution >= 0.6 is 0 Å². The van der Waals surface area contributed by atoms with E-state index in [1.807, 2.05) is 50.2 Å². The third kappa shape index (κ3) is 3.72. The number of aryl methyl sites for hydroxylation is 3. The van der Waals surface area contributed by atoms with Crippen molar-refractivity contribution in [3.8, 4) is 0 Å². The molecule has 0 saturated heterocycles. The summed E-state index contributed by atoms with van der Waals surface area (Å²) in [5, 5.41) is 3.60. The van der Waals surface area contributed by atoms with Crippen molar-refractivity contribution >= 4 is 28.5 Å². The predicted octanol–water partition coefficient (Wildman–Crippen LogP) is 3.96. The molecule has 5 nitrogen and oxygen atoms in total. The van der Waals surface area contributed by atoms with Gasteiger partial charge in [0, 0.05) is 11.1 Å². The van der Waals surface area contributed by atoms with Gasteiger partial charge in [0.25, 0.3) is 5.91 Å². The molecular formula is C21H20N2O3. The van der Waals surface area contributed by atoms with Gasteiger partial charge in [-0.15, -0.1) is 0 Å². The molecule has 1 amide bonds. The first-order valence-electron chi connectivity index (χ1n) is 8.35. The van der Waals surface area contributed by atoms with Crippen molar-refractivity contribution in [2.24, 2.45) is 0 Å². The molecule has 0 atom stereocenters. The largest absolute Gasteiger partial charge is 0.452 e. The summed E-state index contributed by atoms with van der Waals surface area (Å²) >= 11 is 0. The lowest BCUT2D eigenvalue weighted by atomic mass is 10.0. The van der Waals surface area contributed by atoms with E-state index in [0.29, 0.717) is 16.9 Å². The first-order valence-corrected chi connectivity index (χ1v) is 8.35. The topological polar surface area (TPSA) is 68.3 Å². The average Bonchev–Trinajstić information content (AvgIpc) is 2.62. The molecule has 0 unspecified atom stereocenters. The van der Waals surface area contributed by atoms with E-state index in [-0.39, 0.29) is 12.5 Å². The molecule has 0 saturated carbocycles. The number of ether oxygens (including phenoxy) is 1. The quantitative estimate of drug-likeness (QED) is 0.725. The molecule has 1 aromatic heterocycles. The number of rotatable bonds is 4. The van der Waals surface area contributed by atoms with E-state index < -0.39 is 5.97 Å².